The van der Waals surface area contributed by atoms with E-state index in [-0.39, 0.29) is 12.0 Å². The summed E-state index contributed by atoms with van der Waals surface area (Å²) in [5.41, 5.74) is 1.57. The first kappa shape index (κ1) is 13.5. The summed E-state index contributed by atoms with van der Waals surface area (Å²) in [7, 11) is 0. The van der Waals surface area contributed by atoms with Crippen LogP contribution in [0.3, 0.4) is 0 Å². The number of aryl methyl sites for hydroxylation is 1. The van der Waals surface area contributed by atoms with Gasteiger partial charge in [-0.3, -0.25) is 4.79 Å². The van der Waals surface area contributed by atoms with Crippen LogP contribution in [0, 0.1) is 0 Å². The minimum atomic E-state index is -0.0910. The molecule has 5 nitrogen and oxygen atoms in total. The predicted octanol–water partition coefficient (Wildman–Crippen LogP) is 1.94. The number of benzene rings is 1. The van der Waals surface area contributed by atoms with Crippen LogP contribution < -0.4 is 4.74 Å². The summed E-state index contributed by atoms with van der Waals surface area (Å²) in [4.78, 5) is 13.8. The zero-order chi connectivity index (χ0) is 14.7. The molecule has 1 amide bonds. The van der Waals surface area contributed by atoms with Crippen LogP contribution in [-0.4, -0.2) is 40.2 Å². The van der Waals surface area contributed by atoms with Gasteiger partial charge in [0.15, 0.2) is 5.69 Å². The van der Waals surface area contributed by atoms with Crippen LogP contribution in [0.15, 0.2) is 42.6 Å². The molecule has 5 heteroatoms. The number of amides is 1. The third-order valence-electron chi connectivity index (χ3n) is 3.57. The number of para-hydroxylation sites is 1. The zero-order valence-electron chi connectivity index (χ0n) is 11.9. The van der Waals surface area contributed by atoms with Crippen LogP contribution in [0.1, 0.15) is 23.0 Å². The Kier molecular flexibility index (Phi) is 3.81. The van der Waals surface area contributed by atoms with E-state index in [1.54, 1.807) is 23.2 Å². The van der Waals surface area contributed by atoms with Crippen LogP contribution in [0.2, 0.25) is 0 Å². The molecule has 2 heterocycles. The van der Waals surface area contributed by atoms with E-state index in [4.69, 9.17) is 4.74 Å². The maximum atomic E-state index is 12.1. The first-order valence-corrected chi connectivity index (χ1v) is 7.09. The number of carbonyl (C=O) groups excluding carboxylic acids is 1. The van der Waals surface area contributed by atoms with Gasteiger partial charge in [-0.1, -0.05) is 25.1 Å². The second kappa shape index (κ2) is 5.91. The van der Waals surface area contributed by atoms with Crippen molar-refractivity contribution in [2.45, 2.75) is 19.4 Å². The molecule has 0 aliphatic carbocycles. The van der Waals surface area contributed by atoms with Crippen molar-refractivity contribution in [1.29, 1.82) is 0 Å². The first-order chi connectivity index (χ1) is 10.3. The molecule has 0 N–H and O–H groups in total. The van der Waals surface area contributed by atoms with Crippen molar-refractivity contribution in [2.75, 3.05) is 13.1 Å². The zero-order valence-corrected chi connectivity index (χ0v) is 11.9. The first-order valence-electron chi connectivity index (χ1n) is 7.09. The van der Waals surface area contributed by atoms with E-state index in [0.717, 1.165) is 12.2 Å². The predicted molar refractivity (Wildman–Crippen MR) is 78.2 cm³/mol. The lowest BCUT2D eigenvalue weighted by Crippen LogP contribution is -2.56. The third kappa shape index (κ3) is 2.86. The van der Waals surface area contributed by atoms with Gasteiger partial charge in [0, 0.05) is 6.20 Å². The smallest absolute Gasteiger partial charge is 0.274 e. The van der Waals surface area contributed by atoms with Crippen LogP contribution in [0.25, 0.3) is 0 Å². The van der Waals surface area contributed by atoms with Gasteiger partial charge in [-0.2, -0.15) is 5.10 Å². The maximum absolute atomic E-state index is 12.1. The van der Waals surface area contributed by atoms with E-state index in [9.17, 15) is 4.79 Å². The standard InChI is InChI=1S/C16H17N3O2/c1-2-12-6-3-4-8-15(12)21-13-10-19(11-13)16(20)14-7-5-9-17-18-14/h3-9,13H,2,10-11H2,1H3. The van der Waals surface area contributed by atoms with Gasteiger partial charge in [-0.15, -0.1) is 5.10 Å². The maximum Gasteiger partial charge on any atom is 0.274 e. The molecule has 2 aromatic rings. The Labute approximate surface area is 123 Å². The Bertz CT molecular complexity index is 624. The van der Waals surface area contributed by atoms with Crippen molar-refractivity contribution >= 4 is 5.91 Å². The summed E-state index contributed by atoms with van der Waals surface area (Å²) >= 11 is 0. The molecule has 108 valence electrons. The van der Waals surface area contributed by atoms with Gasteiger partial charge in [-0.25, -0.2) is 0 Å². The number of carbonyl (C=O) groups is 1. The summed E-state index contributed by atoms with van der Waals surface area (Å²) in [6.45, 7) is 3.29. The number of likely N-dealkylation sites (tertiary alicyclic amines) is 1. The van der Waals surface area contributed by atoms with Gasteiger partial charge < -0.3 is 9.64 Å². The average molecular weight is 283 g/mol. The molecule has 1 aromatic carbocycles. The minimum Gasteiger partial charge on any atom is -0.486 e. The Balaban J connectivity index is 1.58. The molecule has 21 heavy (non-hydrogen) atoms. The van der Waals surface area contributed by atoms with E-state index in [2.05, 4.69) is 23.2 Å². The van der Waals surface area contributed by atoms with Gasteiger partial charge in [-0.05, 0) is 30.2 Å². The molecule has 1 aromatic heterocycles. The van der Waals surface area contributed by atoms with E-state index in [1.165, 1.54) is 5.56 Å². The second-order valence-electron chi connectivity index (χ2n) is 5.02. The van der Waals surface area contributed by atoms with Gasteiger partial charge in [0.1, 0.15) is 11.9 Å². The number of rotatable bonds is 4. The number of ether oxygens (including phenoxy) is 1. The minimum absolute atomic E-state index is 0.0540. The molecule has 1 aliphatic heterocycles. The van der Waals surface area contributed by atoms with Crippen molar-refractivity contribution in [2.24, 2.45) is 0 Å². The highest BCUT2D eigenvalue weighted by atomic mass is 16.5. The van der Waals surface area contributed by atoms with Crippen LogP contribution in [-0.2, 0) is 6.42 Å². The molecule has 1 saturated heterocycles. The Morgan fingerprint density at radius 2 is 2.10 bits per heavy atom. The van der Waals surface area contributed by atoms with Crippen molar-refractivity contribution in [1.82, 2.24) is 15.1 Å². The number of aromatic nitrogens is 2. The lowest BCUT2D eigenvalue weighted by molar-refractivity contribution is 0.0169. The SMILES string of the molecule is CCc1ccccc1OC1CN(C(=O)c2cccnn2)C1. The molecule has 0 saturated carbocycles. The molecule has 3 rings (SSSR count). The molecular weight excluding hydrogens is 266 g/mol. The van der Waals surface area contributed by atoms with Gasteiger partial charge in [0.05, 0.1) is 13.1 Å². The summed E-state index contributed by atoms with van der Waals surface area (Å²) in [6.07, 6.45) is 2.55. The molecule has 0 radical (unpaired) electrons. The van der Waals surface area contributed by atoms with E-state index in [1.807, 2.05) is 18.2 Å². The number of hydrogen-bond donors (Lipinski definition) is 0. The van der Waals surface area contributed by atoms with Crippen LogP contribution in [0.5, 0.6) is 5.75 Å². The molecule has 1 fully saturated rings. The van der Waals surface area contributed by atoms with Crippen molar-refractivity contribution < 1.29 is 9.53 Å². The third-order valence-corrected chi connectivity index (χ3v) is 3.57. The van der Waals surface area contributed by atoms with Crippen LogP contribution in [0.4, 0.5) is 0 Å². The van der Waals surface area contributed by atoms with Crippen molar-refractivity contribution in [3.63, 3.8) is 0 Å². The molecular formula is C16H17N3O2. The fourth-order valence-electron chi connectivity index (χ4n) is 2.35. The molecule has 1 aliphatic rings. The summed E-state index contributed by atoms with van der Waals surface area (Å²) in [5.74, 6) is 0.823. The topological polar surface area (TPSA) is 55.3 Å². The van der Waals surface area contributed by atoms with E-state index < -0.39 is 0 Å². The monoisotopic (exact) mass is 283 g/mol. The largest absolute Gasteiger partial charge is 0.486 e. The summed E-state index contributed by atoms with van der Waals surface area (Å²) < 4.78 is 5.96. The van der Waals surface area contributed by atoms with Crippen molar-refractivity contribution in [3.8, 4) is 5.75 Å². The molecule has 0 atom stereocenters. The van der Waals surface area contributed by atoms with Gasteiger partial charge >= 0.3 is 0 Å². The molecule has 0 bridgehead atoms. The second-order valence-corrected chi connectivity index (χ2v) is 5.02. The van der Waals surface area contributed by atoms with Crippen LogP contribution >= 0.6 is 0 Å². The molecule has 0 spiro atoms. The average Bonchev–Trinajstić information content (AvgIpc) is 2.51. The summed E-state index contributed by atoms with van der Waals surface area (Å²) in [6, 6.07) is 11.4. The fourth-order valence-corrected chi connectivity index (χ4v) is 2.35. The van der Waals surface area contributed by atoms with E-state index in [0.29, 0.717) is 18.8 Å². The highest BCUT2D eigenvalue weighted by molar-refractivity contribution is 5.92. The summed E-state index contributed by atoms with van der Waals surface area (Å²) in [5, 5.41) is 7.56. The van der Waals surface area contributed by atoms with E-state index >= 15 is 0 Å². The lowest BCUT2D eigenvalue weighted by atomic mass is 10.1. The fraction of sp³-hybridized carbons (Fsp3) is 0.312. The molecule has 0 unspecified atom stereocenters. The highest BCUT2D eigenvalue weighted by Crippen LogP contribution is 2.23. The van der Waals surface area contributed by atoms with Gasteiger partial charge in [0.2, 0.25) is 0 Å². The quantitative estimate of drug-likeness (QED) is 0.860. The van der Waals surface area contributed by atoms with Gasteiger partial charge in [0.25, 0.3) is 5.91 Å². The Hall–Kier alpha value is -2.43. The normalized spacial score (nSPS) is 14.6. The highest BCUT2D eigenvalue weighted by Gasteiger charge is 2.33. The van der Waals surface area contributed by atoms with Crippen molar-refractivity contribution in [3.05, 3.63) is 53.9 Å². The Morgan fingerprint density at radius 1 is 1.29 bits per heavy atom. The number of nitrogens with zero attached hydrogens (tertiary/aromatic N) is 3. The number of hydrogen-bond acceptors (Lipinski definition) is 4. The lowest BCUT2D eigenvalue weighted by Gasteiger charge is -2.38. The Morgan fingerprint density at radius 3 is 2.81 bits per heavy atom.